The van der Waals surface area contributed by atoms with Crippen LogP contribution < -0.4 is 5.32 Å². The summed E-state index contributed by atoms with van der Waals surface area (Å²) < 4.78 is 25.2. The molecule has 1 aliphatic heterocycles. The number of nitrogens with one attached hydrogen (secondary N) is 2. The number of carbonyl (C=O) groups is 2. The molecule has 4 unspecified atom stereocenters. The number of carbonyl (C=O) groups excluding carboxylic acids is 2. The van der Waals surface area contributed by atoms with E-state index in [1.807, 2.05) is 4.90 Å². The fourth-order valence-electron chi connectivity index (χ4n) is 4.85. The number of methoxy groups -OCH3 is 2. The number of hydrogen-bond acceptors (Lipinski definition) is 5. The standard InChI is InChI=1S/C22H26BrFN4O4/c1-11(31-2)18(27-22(30)32-3)21(29)28-14-6-4-12(8-14)19(28)20-25-10-17(26-20)15-7-5-13(23)9-16(15)24/h5,7,9-12,14,18-19H,4,6,8H2,1-3H3,(H,25,26)(H,27,30)/t11?,12?,14-,18?,19?/m1/s1. The van der Waals surface area contributed by atoms with Gasteiger partial charge in [-0.25, -0.2) is 14.2 Å². The van der Waals surface area contributed by atoms with Crippen LogP contribution in [-0.4, -0.2) is 59.3 Å². The monoisotopic (exact) mass is 508 g/mol. The predicted molar refractivity (Wildman–Crippen MR) is 118 cm³/mol. The zero-order chi connectivity index (χ0) is 23.0. The zero-order valence-electron chi connectivity index (χ0n) is 18.1. The number of aromatic amines is 1. The number of ether oxygens (including phenoxy) is 2. The van der Waals surface area contributed by atoms with E-state index in [0.29, 0.717) is 21.6 Å². The molecule has 2 N–H and O–H groups in total. The summed E-state index contributed by atoms with van der Waals surface area (Å²) in [5.41, 5.74) is 0.959. The van der Waals surface area contributed by atoms with Crippen LogP contribution in [0.3, 0.4) is 0 Å². The third-order valence-electron chi connectivity index (χ3n) is 6.50. The van der Waals surface area contributed by atoms with Crippen LogP contribution in [0.1, 0.15) is 38.1 Å². The average Bonchev–Trinajstić information content (AvgIpc) is 3.52. The number of likely N-dealkylation sites (tertiary alicyclic amines) is 1. The Morgan fingerprint density at radius 2 is 2.12 bits per heavy atom. The highest BCUT2D eigenvalue weighted by Crippen LogP contribution is 2.50. The maximum absolute atomic E-state index is 14.5. The van der Waals surface area contributed by atoms with Crippen molar-refractivity contribution in [3.05, 3.63) is 40.5 Å². The van der Waals surface area contributed by atoms with Crippen molar-refractivity contribution in [2.24, 2.45) is 5.92 Å². The lowest BCUT2D eigenvalue weighted by Crippen LogP contribution is -2.56. The summed E-state index contributed by atoms with van der Waals surface area (Å²) in [7, 11) is 2.74. The third kappa shape index (κ3) is 4.13. The second-order valence-corrected chi connectivity index (χ2v) is 9.19. The SMILES string of the molecule is COC(=O)NC(C(=O)N1C(c2ncc(-c3ccc(Br)cc3F)[nH]2)C2CC[C@@H]1C2)C(C)OC. The van der Waals surface area contributed by atoms with Gasteiger partial charge in [0.05, 0.1) is 31.1 Å². The van der Waals surface area contributed by atoms with E-state index in [1.165, 1.54) is 20.3 Å². The van der Waals surface area contributed by atoms with Gasteiger partial charge in [-0.1, -0.05) is 15.9 Å². The largest absolute Gasteiger partial charge is 0.453 e. The van der Waals surface area contributed by atoms with Crippen LogP contribution in [0.2, 0.25) is 0 Å². The van der Waals surface area contributed by atoms with Gasteiger partial charge in [0.15, 0.2) is 0 Å². The molecule has 2 heterocycles. The van der Waals surface area contributed by atoms with Crippen LogP contribution in [0.4, 0.5) is 9.18 Å². The first kappa shape index (κ1) is 22.7. The molecule has 10 heteroatoms. The number of piperidine rings is 1. The Kier molecular flexibility index (Phi) is 6.52. The van der Waals surface area contributed by atoms with Crippen molar-refractivity contribution in [1.29, 1.82) is 0 Å². The van der Waals surface area contributed by atoms with E-state index in [1.54, 1.807) is 25.3 Å². The molecule has 5 atom stereocenters. The maximum atomic E-state index is 14.5. The van der Waals surface area contributed by atoms with Gasteiger partial charge < -0.3 is 24.7 Å². The molecule has 0 radical (unpaired) electrons. The van der Waals surface area contributed by atoms with Gasteiger partial charge in [0.1, 0.15) is 17.7 Å². The lowest BCUT2D eigenvalue weighted by molar-refractivity contribution is -0.141. The quantitative estimate of drug-likeness (QED) is 0.618. The highest BCUT2D eigenvalue weighted by molar-refractivity contribution is 9.10. The molecule has 1 aromatic carbocycles. The van der Waals surface area contributed by atoms with Crippen molar-refractivity contribution in [2.45, 2.75) is 50.4 Å². The van der Waals surface area contributed by atoms with Crippen molar-refractivity contribution >= 4 is 27.9 Å². The first-order chi connectivity index (χ1) is 15.3. The Labute approximate surface area is 194 Å². The summed E-state index contributed by atoms with van der Waals surface area (Å²) in [5, 5.41) is 2.61. The van der Waals surface area contributed by atoms with Gasteiger partial charge in [-0.15, -0.1) is 0 Å². The number of imidazole rings is 1. The minimum absolute atomic E-state index is 0.0569. The maximum Gasteiger partial charge on any atom is 0.407 e. The highest BCUT2D eigenvalue weighted by atomic mass is 79.9. The summed E-state index contributed by atoms with van der Waals surface area (Å²) in [5.74, 6) is 0.250. The highest BCUT2D eigenvalue weighted by Gasteiger charge is 2.51. The van der Waals surface area contributed by atoms with Crippen molar-refractivity contribution in [1.82, 2.24) is 20.2 Å². The van der Waals surface area contributed by atoms with Crippen molar-refractivity contribution < 1.29 is 23.5 Å². The molecular formula is C22H26BrFN4O4. The van der Waals surface area contributed by atoms with Crippen LogP contribution in [-0.2, 0) is 14.3 Å². The number of H-pyrrole nitrogens is 1. The molecule has 4 rings (SSSR count). The molecule has 2 fully saturated rings. The predicted octanol–water partition coefficient (Wildman–Crippen LogP) is 3.79. The number of alkyl carbamates (subject to hydrolysis) is 1. The molecule has 8 nitrogen and oxygen atoms in total. The first-order valence-electron chi connectivity index (χ1n) is 10.5. The summed E-state index contributed by atoms with van der Waals surface area (Å²) in [6.07, 6.45) is 3.10. The fourth-order valence-corrected chi connectivity index (χ4v) is 5.18. The van der Waals surface area contributed by atoms with Crippen LogP contribution >= 0.6 is 15.9 Å². The van der Waals surface area contributed by atoms with Gasteiger partial charge >= 0.3 is 6.09 Å². The number of hydrogen-bond donors (Lipinski definition) is 2. The molecule has 2 aromatic rings. The molecule has 172 valence electrons. The summed E-state index contributed by atoms with van der Waals surface area (Å²) >= 11 is 3.27. The molecule has 2 aliphatic rings. The minimum Gasteiger partial charge on any atom is -0.453 e. The Bertz CT molecular complexity index is 1020. The van der Waals surface area contributed by atoms with Crippen LogP contribution in [0.15, 0.2) is 28.9 Å². The molecule has 2 bridgehead atoms. The molecule has 1 aliphatic carbocycles. The van der Waals surface area contributed by atoms with Gasteiger partial charge in [0.2, 0.25) is 5.91 Å². The second kappa shape index (κ2) is 9.19. The van der Waals surface area contributed by atoms with E-state index in [2.05, 4.69) is 31.2 Å². The number of nitrogens with zero attached hydrogens (tertiary/aromatic N) is 2. The molecule has 32 heavy (non-hydrogen) atoms. The van der Waals surface area contributed by atoms with Crippen molar-refractivity contribution in [3.63, 3.8) is 0 Å². The molecule has 0 spiro atoms. The lowest BCUT2D eigenvalue weighted by atomic mass is 9.97. The minimum atomic E-state index is -0.896. The topological polar surface area (TPSA) is 96.5 Å². The normalized spacial score (nSPS) is 23.8. The number of amides is 2. The summed E-state index contributed by atoms with van der Waals surface area (Å²) in [6.45, 7) is 1.73. The number of fused-ring (bicyclic) bond motifs is 2. The Hall–Kier alpha value is -2.46. The van der Waals surface area contributed by atoms with Crippen LogP contribution in [0.5, 0.6) is 0 Å². The molecule has 2 amide bonds. The van der Waals surface area contributed by atoms with Gasteiger partial charge in [0, 0.05) is 23.2 Å². The summed E-state index contributed by atoms with van der Waals surface area (Å²) in [6, 6.07) is 3.73. The number of halogens is 2. The molecular weight excluding hydrogens is 483 g/mol. The number of rotatable bonds is 6. The number of benzene rings is 1. The molecule has 1 saturated heterocycles. The van der Waals surface area contributed by atoms with Gasteiger partial charge in [-0.3, -0.25) is 4.79 Å². The van der Waals surface area contributed by atoms with Gasteiger partial charge in [0.25, 0.3) is 0 Å². The van der Waals surface area contributed by atoms with E-state index in [-0.39, 0.29) is 29.7 Å². The Balaban J connectivity index is 1.64. The van der Waals surface area contributed by atoms with E-state index in [0.717, 1.165) is 19.3 Å². The smallest absolute Gasteiger partial charge is 0.407 e. The van der Waals surface area contributed by atoms with Crippen molar-refractivity contribution in [3.8, 4) is 11.3 Å². The van der Waals surface area contributed by atoms with Gasteiger partial charge in [-0.2, -0.15) is 0 Å². The van der Waals surface area contributed by atoms with E-state index in [4.69, 9.17) is 9.47 Å². The van der Waals surface area contributed by atoms with E-state index in [9.17, 15) is 14.0 Å². The molecule has 1 aromatic heterocycles. The second-order valence-electron chi connectivity index (χ2n) is 8.28. The zero-order valence-corrected chi connectivity index (χ0v) is 19.7. The van der Waals surface area contributed by atoms with Crippen molar-refractivity contribution in [2.75, 3.05) is 14.2 Å². The third-order valence-corrected chi connectivity index (χ3v) is 7.00. The lowest BCUT2D eigenvalue weighted by Gasteiger charge is -2.37. The number of aromatic nitrogens is 2. The fraction of sp³-hybridized carbons (Fsp3) is 0.500. The Morgan fingerprint density at radius 3 is 2.81 bits per heavy atom. The van der Waals surface area contributed by atoms with Crippen LogP contribution in [0.25, 0.3) is 11.3 Å². The summed E-state index contributed by atoms with van der Waals surface area (Å²) in [4.78, 5) is 35.0. The van der Waals surface area contributed by atoms with E-state index < -0.39 is 18.2 Å². The molecule has 1 saturated carbocycles. The first-order valence-corrected chi connectivity index (χ1v) is 11.3. The van der Waals surface area contributed by atoms with Crippen LogP contribution in [0, 0.1) is 11.7 Å². The Morgan fingerprint density at radius 1 is 1.34 bits per heavy atom. The van der Waals surface area contributed by atoms with E-state index >= 15 is 0 Å². The van der Waals surface area contributed by atoms with Gasteiger partial charge in [-0.05, 0) is 50.3 Å². The average molecular weight is 509 g/mol.